The standard InChI is InChI=1S/C26H26N4O3S/c1-2-3-11-23(31)27-21-15-12-20(13-16-21)25(33)29-30-26(34)28-24(32)17-14-19-9-6-8-18-7-4-5-10-22(18)19/h4-10,12-17H,2-3,11H2,1H3,(H,27,31)(H,29,33)(H2,28,30,32,34). The molecule has 0 aliphatic rings. The number of nitrogens with one attached hydrogen (secondary N) is 4. The molecule has 0 atom stereocenters. The minimum Gasteiger partial charge on any atom is -0.326 e. The van der Waals surface area contributed by atoms with Crippen molar-refractivity contribution in [3.05, 3.63) is 83.9 Å². The molecule has 0 spiro atoms. The third-order valence-electron chi connectivity index (χ3n) is 4.95. The Labute approximate surface area is 203 Å². The van der Waals surface area contributed by atoms with Crippen LogP contribution in [0.5, 0.6) is 0 Å². The summed E-state index contributed by atoms with van der Waals surface area (Å²) in [6.07, 6.45) is 5.32. The number of unbranched alkanes of at least 4 members (excludes halogenated alkanes) is 1. The van der Waals surface area contributed by atoms with Crippen LogP contribution in [0.3, 0.4) is 0 Å². The van der Waals surface area contributed by atoms with Gasteiger partial charge in [0.15, 0.2) is 5.11 Å². The van der Waals surface area contributed by atoms with E-state index in [0.717, 1.165) is 29.2 Å². The van der Waals surface area contributed by atoms with Crippen molar-refractivity contribution >= 4 is 57.6 Å². The van der Waals surface area contributed by atoms with Crippen LogP contribution in [0.25, 0.3) is 16.8 Å². The van der Waals surface area contributed by atoms with Gasteiger partial charge in [0.2, 0.25) is 11.8 Å². The van der Waals surface area contributed by atoms with Gasteiger partial charge in [-0.05, 0) is 65.3 Å². The topological polar surface area (TPSA) is 99.3 Å². The number of benzene rings is 3. The number of carbonyl (C=O) groups is 3. The van der Waals surface area contributed by atoms with Crippen molar-refractivity contribution in [2.24, 2.45) is 0 Å². The smallest absolute Gasteiger partial charge is 0.269 e. The van der Waals surface area contributed by atoms with Crippen molar-refractivity contribution < 1.29 is 14.4 Å². The largest absolute Gasteiger partial charge is 0.326 e. The van der Waals surface area contributed by atoms with Crippen LogP contribution in [-0.2, 0) is 9.59 Å². The normalized spacial score (nSPS) is 10.6. The second kappa shape index (κ2) is 12.3. The molecule has 0 aromatic heterocycles. The van der Waals surface area contributed by atoms with Crippen LogP contribution in [0.4, 0.5) is 5.69 Å². The van der Waals surface area contributed by atoms with Gasteiger partial charge < -0.3 is 5.32 Å². The van der Waals surface area contributed by atoms with Gasteiger partial charge in [0, 0.05) is 23.7 Å². The van der Waals surface area contributed by atoms with E-state index in [1.165, 1.54) is 6.08 Å². The summed E-state index contributed by atoms with van der Waals surface area (Å²) in [6.45, 7) is 2.02. The fraction of sp³-hybridized carbons (Fsp3) is 0.154. The van der Waals surface area contributed by atoms with E-state index in [2.05, 4.69) is 21.5 Å². The fourth-order valence-electron chi connectivity index (χ4n) is 3.20. The van der Waals surface area contributed by atoms with Crippen LogP contribution in [-0.4, -0.2) is 22.8 Å². The number of hydrogen-bond acceptors (Lipinski definition) is 4. The minimum atomic E-state index is -0.438. The molecule has 0 radical (unpaired) electrons. The van der Waals surface area contributed by atoms with Crippen molar-refractivity contribution in [3.8, 4) is 0 Å². The lowest BCUT2D eigenvalue weighted by Crippen LogP contribution is -2.48. The molecular formula is C26H26N4O3S. The Kier molecular flexibility index (Phi) is 8.88. The maximum Gasteiger partial charge on any atom is 0.269 e. The monoisotopic (exact) mass is 474 g/mol. The lowest BCUT2D eigenvalue weighted by atomic mass is 10.0. The summed E-state index contributed by atoms with van der Waals surface area (Å²) in [7, 11) is 0. The molecule has 8 heteroatoms. The quantitative estimate of drug-likeness (QED) is 0.232. The van der Waals surface area contributed by atoms with Crippen molar-refractivity contribution in [2.45, 2.75) is 26.2 Å². The van der Waals surface area contributed by atoms with Gasteiger partial charge in [0.25, 0.3) is 5.91 Å². The molecule has 0 bridgehead atoms. The van der Waals surface area contributed by atoms with Crippen molar-refractivity contribution in [1.29, 1.82) is 0 Å². The highest BCUT2D eigenvalue weighted by atomic mass is 32.1. The summed E-state index contributed by atoms with van der Waals surface area (Å²) in [4.78, 5) is 36.3. The molecule has 4 N–H and O–H groups in total. The highest BCUT2D eigenvalue weighted by molar-refractivity contribution is 7.80. The Hall–Kier alpha value is -4.04. The van der Waals surface area contributed by atoms with Gasteiger partial charge in [0.05, 0.1) is 0 Å². The first-order valence-electron chi connectivity index (χ1n) is 10.9. The molecule has 0 saturated heterocycles. The molecule has 0 fully saturated rings. The second-order valence-corrected chi connectivity index (χ2v) is 7.94. The summed E-state index contributed by atoms with van der Waals surface area (Å²) >= 11 is 5.07. The number of hydrogen-bond donors (Lipinski definition) is 4. The zero-order valence-corrected chi connectivity index (χ0v) is 19.6. The fourth-order valence-corrected chi connectivity index (χ4v) is 3.35. The summed E-state index contributed by atoms with van der Waals surface area (Å²) in [5, 5.41) is 7.35. The van der Waals surface area contributed by atoms with Gasteiger partial charge in [0.1, 0.15) is 0 Å². The van der Waals surface area contributed by atoms with E-state index in [4.69, 9.17) is 12.2 Å². The zero-order valence-electron chi connectivity index (χ0n) is 18.8. The summed E-state index contributed by atoms with van der Waals surface area (Å²) < 4.78 is 0. The van der Waals surface area contributed by atoms with Crippen LogP contribution in [0, 0.1) is 0 Å². The Morgan fingerprint density at radius 1 is 0.912 bits per heavy atom. The summed E-state index contributed by atoms with van der Waals surface area (Å²) in [5.74, 6) is -0.925. The molecule has 0 saturated carbocycles. The van der Waals surface area contributed by atoms with E-state index < -0.39 is 11.8 Å². The van der Waals surface area contributed by atoms with Crippen LogP contribution in [0.2, 0.25) is 0 Å². The third kappa shape index (κ3) is 7.25. The molecule has 3 rings (SSSR count). The van der Waals surface area contributed by atoms with Gasteiger partial charge in [-0.3, -0.25) is 30.6 Å². The van der Waals surface area contributed by atoms with Crippen LogP contribution in [0.15, 0.2) is 72.8 Å². The number of carbonyl (C=O) groups excluding carboxylic acids is 3. The van der Waals surface area contributed by atoms with Gasteiger partial charge in [-0.2, -0.15) is 0 Å². The molecule has 3 amide bonds. The molecule has 174 valence electrons. The predicted molar refractivity (Wildman–Crippen MR) is 139 cm³/mol. The number of amides is 3. The number of hydrazine groups is 1. The molecule has 0 unspecified atom stereocenters. The number of anilines is 1. The van der Waals surface area contributed by atoms with E-state index in [-0.39, 0.29) is 11.0 Å². The number of thiocarbonyl (C=S) groups is 1. The molecule has 0 aliphatic carbocycles. The van der Waals surface area contributed by atoms with Crippen molar-refractivity contribution in [2.75, 3.05) is 5.32 Å². The highest BCUT2D eigenvalue weighted by Crippen LogP contribution is 2.19. The van der Waals surface area contributed by atoms with Crippen LogP contribution >= 0.6 is 12.2 Å². The van der Waals surface area contributed by atoms with Crippen molar-refractivity contribution in [3.63, 3.8) is 0 Å². The molecule has 34 heavy (non-hydrogen) atoms. The predicted octanol–water partition coefficient (Wildman–Crippen LogP) is 4.32. The summed E-state index contributed by atoms with van der Waals surface area (Å²) in [5.41, 5.74) is 6.83. The summed E-state index contributed by atoms with van der Waals surface area (Å²) in [6, 6.07) is 20.2. The first-order valence-corrected chi connectivity index (χ1v) is 11.3. The molecule has 3 aromatic rings. The van der Waals surface area contributed by atoms with Gasteiger partial charge in [-0.1, -0.05) is 55.8 Å². The second-order valence-electron chi connectivity index (χ2n) is 7.53. The first-order chi connectivity index (χ1) is 16.5. The number of rotatable bonds is 7. The maximum atomic E-state index is 12.3. The average Bonchev–Trinajstić information content (AvgIpc) is 2.85. The van der Waals surface area contributed by atoms with E-state index in [9.17, 15) is 14.4 Å². The molecule has 3 aromatic carbocycles. The lowest BCUT2D eigenvalue weighted by Gasteiger charge is -2.10. The van der Waals surface area contributed by atoms with E-state index in [1.54, 1.807) is 30.3 Å². The number of fused-ring (bicyclic) bond motifs is 1. The SMILES string of the molecule is CCCCC(=O)Nc1ccc(C(=O)NNC(=S)NC(=O)C=Cc2cccc3ccccc23)cc1. The van der Waals surface area contributed by atoms with Crippen LogP contribution in [0.1, 0.15) is 42.1 Å². The Balaban J connectivity index is 1.46. The maximum absolute atomic E-state index is 12.3. The van der Waals surface area contributed by atoms with E-state index >= 15 is 0 Å². The highest BCUT2D eigenvalue weighted by Gasteiger charge is 2.08. The zero-order chi connectivity index (χ0) is 24.3. The average molecular weight is 475 g/mol. The first kappa shape index (κ1) is 24.6. The van der Waals surface area contributed by atoms with E-state index in [1.807, 2.05) is 49.4 Å². The Morgan fingerprint density at radius 3 is 2.41 bits per heavy atom. The van der Waals surface area contributed by atoms with E-state index in [0.29, 0.717) is 17.7 Å². The lowest BCUT2D eigenvalue weighted by molar-refractivity contribution is -0.116. The third-order valence-corrected chi connectivity index (χ3v) is 5.16. The Morgan fingerprint density at radius 2 is 1.65 bits per heavy atom. The molecule has 0 heterocycles. The minimum absolute atomic E-state index is 0.0410. The Bertz CT molecular complexity index is 1220. The van der Waals surface area contributed by atoms with Crippen molar-refractivity contribution in [1.82, 2.24) is 16.2 Å². The molecule has 0 aliphatic heterocycles. The van der Waals surface area contributed by atoms with Crippen LogP contribution < -0.4 is 21.5 Å². The van der Waals surface area contributed by atoms with Gasteiger partial charge >= 0.3 is 0 Å². The van der Waals surface area contributed by atoms with Gasteiger partial charge in [-0.15, -0.1) is 0 Å². The molecule has 7 nitrogen and oxygen atoms in total. The molecular weight excluding hydrogens is 448 g/mol. The van der Waals surface area contributed by atoms with Gasteiger partial charge in [-0.25, -0.2) is 0 Å².